The Morgan fingerprint density at radius 1 is 0.193 bits per heavy atom. The highest BCUT2D eigenvalue weighted by atomic mass is 14.5. The summed E-state index contributed by atoms with van der Waals surface area (Å²) >= 11 is 0. The largest absolute Gasteiger partial charge is 0.0654 e. The van der Waals surface area contributed by atoms with Crippen molar-refractivity contribution in [2.45, 2.75) is 287 Å². The molecule has 0 unspecified atom stereocenters. The van der Waals surface area contributed by atoms with E-state index in [1.54, 1.807) is 11.1 Å². The second-order valence-corrected chi connectivity index (χ2v) is 40.6. The average molecular weight is 1780 g/mol. The molecular weight excluding hydrogens is 1620 g/mol. The van der Waals surface area contributed by atoms with Crippen LogP contribution in [0.25, 0.3) is 82.0 Å². The quantitative estimate of drug-likeness (QED) is 0.0469. The number of hydrogen-bond donors (Lipinski definition) is 0. The number of benzene rings is 14. The van der Waals surface area contributed by atoms with Crippen molar-refractivity contribution >= 4 is 48.6 Å². The van der Waals surface area contributed by atoms with Crippen molar-refractivity contribution in [3.8, 4) is 33.4 Å². The number of unbranched alkanes of at least 4 members (excludes halogenated alkanes) is 10. The summed E-state index contributed by atoms with van der Waals surface area (Å²) in [5.41, 5.74) is 58.1. The monoisotopic (exact) mass is 1780 g/mol. The Morgan fingerprint density at radius 3 is 0.800 bits per heavy atom. The molecule has 0 saturated carbocycles. The first-order valence-corrected chi connectivity index (χ1v) is 50.6. The number of rotatable bonds is 22. The third-order valence-electron chi connectivity index (χ3n) is 28.4. The molecule has 14 aromatic carbocycles. The van der Waals surface area contributed by atoms with Crippen LogP contribution in [0.5, 0.6) is 0 Å². The second kappa shape index (κ2) is 49.0. The SMILES string of the molecule is CCCCCCCCC1(CCCCCCCC)c2cc(C)ccc2-c2ccc(C)cc21.Cc1cc(C)c(/C=C/c2cc(C)c(C)cc2C)cc1C.Cc1ccc(/C=C/c2ccc(C)c(C)c2)cc1C.Cc1ccc(/C=C/c2ccc(C)cc2)cc1.Cc1ccc(/C=C/c2ccc(C)cc2C)c(C)c1.Cc1ccc2c(c1)C(C)(C)c1cc(C)ccc1-2.Cc1ccc2c(c1)Cc1cc(C)ccc1-2. The highest BCUT2D eigenvalue weighted by Crippen LogP contribution is 2.55. The van der Waals surface area contributed by atoms with E-state index in [9.17, 15) is 0 Å². The van der Waals surface area contributed by atoms with Gasteiger partial charge < -0.3 is 0 Å². The zero-order valence-electron chi connectivity index (χ0n) is 87.5. The van der Waals surface area contributed by atoms with Gasteiger partial charge in [-0.05, 0) is 350 Å². The molecule has 14 aromatic rings. The van der Waals surface area contributed by atoms with Gasteiger partial charge in [0.2, 0.25) is 0 Å². The Bertz CT molecular complexity index is 6090. The fourth-order valence-corrected chi connectivity index (χ4v) is 19.4. The van der Waals surface area contributed by atoms with Crippen LogP contribution in [0.3, 0.4) is 0 Å². The molecule has 3 aliphatic rings. The van der Waals surface area contributed by atoms with Crippen LogP contribution in [0.1, 0.15) is 318 Å². The summed E-state index contributed by atoms with van der Waals surface area (Å²) in [6.45, 7) is 56.9. The maximum absolute atomic E-state index is 2.53. The fourth-order valence-electron chi connectivity index (χ4n) is 19.4. The molecule has 0 saturated heterocycles. The van der Waals surface area contributed by atoms with Crippen LogP contribution >= 0.6 is 0 Å². The normalized spacial score (nSPS) is 12.5. The van der Waals surface area contributed by atoms with Crippen molar-refractivity contribution in [3.05, 3.63) is 455 Å². The molecule has 3 aliphatic carbocycles. The average Bonchev–Trinajstić information content (AvgIpc) is 1.57. The highest BCUT2D eigenvalue weighted by molar-refractivity contribution is 5.84. The summed E-state index contributed by atoms with van der Waals surface area (Å²) in [4.78, 5) is 0. The number of aryl methyl sites for hydroxylation is 22. The lowest BCUT2D eigenvalue weighted by molar-refractivity contribution is 0.397. The van der Waals surface area contributed by atoms with E-state index in [0.717, 1.165) is 6.42 Å². The Kier molecular flexibility index (Phi) is 37.6. The third-order valence-corrected chi connectivity index (χ3v) is 28.4. The molecule has 0 nitrogen and oxygen atoms in total. The second-order valence-electron chi connectivity index (χ2n) is 40.6. The van der Waals surface area contributed by atoms with E-state index in [2.05, 4.69) is 483 Å². The minimum atomic E-state index is 0.142. The smallest absolute Gasteiger partial charge is 0.0215 e. The van der Waals surface area contributed by atoms with Crippen molar-refractivity contribution in [2.75, 3.05) is 0 Å². The van der Waals surface area contributed by atoms with Crippen LogP contribution in [-0.2, 0) is 17.3 Å². The van der Waals surface area contributed by atoms with Crippen molar-refractivity contribution in [3.63, 3.8) is 0 Å². The van der Waals surface area contributed by atoms with E-state index in [1.165, 1.54) is 312 Å². The van der Waals surface area contributed by atoms with Crippen LogP contribution in [0.2, 0.25) is 0 Å². The van der Waals surface area contributed by atoms with E-state index in [0.29, 0.717) is 0 Å². The van der Waals surface area contributed by atoms with Crippen LogP contribution in [-0.4, -0.2) is 0 Å². The molecule has 698 valence electrons. The summed E-state index contributed by atoms with van der Waals surface area (Å²) in [7, 11) is 0. The maximum atomic E-state index is 2.53. The summed E-state index contributed by atoms with van der Waals surface area (Å²) in [5.74, 6) is 0. The van der Waals surface area contributed by atoms with E-state index in [-0.39, 0.29) is 10.8 Å². The minimum Gasteiger partial charge on any atom is -0.0654 e. The summed E-state index contributed by atoms with van der Waals surface area (Å²) in [6.07, 6.45) is 37.8. The molecule has 0 spiro atoms. The predicted octanol–water partition coefficient (Wildman–Crippen LogP) is 38.9. The van der Waals surface area contributed by atoms with Crippen LogP contribution in [0.15, 0.2) is 255 Å². The van der Waals surface area contributed by atoms with Gasteiger partial charge in [-0.2, -0.15) is 0 Å². The van der Waals surface area contributed by atoms with E-state index >= 15 is 0 Å². The van der Waals surface area contributed by atoms with Crippen LogP contribution in [0.4, 0.5) is 0 Å². The van der Waals surface area contributed by atoms with Gasteiger partial charge in [0, 0.05) is 10.8 Å². The topological polar surface area (TPSA) is 0 Å². The highest BCUT2D eigenvalue weighted by Gasteiger charge is 2.42. The van der Waals surface area contributed by atoms with Gasteiger partial charge >= 0.3 is 0 Å². The minimum absolute atomic E-state index is 0.142. The van der Waals surface area contributed by atoms with E-state index in [1.807, 2.05) is 0 Å². The van der Waals surface area contributed by atoms with Gasteiger partial charge in [0.25, 0.3) is 0 Å². The van der Waals surface area contributed by atoms with Gasteiger partial charge in [0.05, 0.1) is 0 Å². The Morgan fingerprint density at radius 2 is 0.452 bits per heavy atom. The molecule has 0 aliphatic heterocycles. The van der Waals surface area contributed by atoms with Crippen LogP contribution < -0.4 is 0 Å². The van der Waals surface area contributed by atoms with Crippen LogP contribution in [0, 0.1) is 152 Å². The molecule has 0 atom stereocenters. The first kappa shape index (κ1) is 104. The van der Waals surface area contributed by atoms with Gasteiger partial charge in [-0.1, -0.05) is 464 Å². The molecule has 0 heterocycles. The zero-order valence-corrected chi connectivity index (χ0v) is 87.5. The first-order chi connectivity index (χ1) is 64.6. The lowest BCUT2D eigenvalue weighted by Gasteiger charge is -2.33. The first-order valence-electron chi connectivity index (χ1n) is 50.6. The molecule has 0 aromatic heterocycles. The summed E-state index contributed by atoms with van der Waals surface area (Å²) in [5, 5.41) is 0. The molecule has 135 heavy (non-hydrogen) atoms. The van der Waals surface area contributed by atoms with Gasteiger partial charge in [0.15, 0.2) is 0 Å². The Labute approximate surface area is 818 Å². The molecule has 0 radical (unpaired) electrons. The number of hydrogen-bond acceptors (Lipinski definition) is 0. The Balaban J connectivity index is 0.000000153. The third kappa shape index (κ3) is 28.6. The molecule has 0 fully saturated rings. The molecule has 0 bridgehead atoms. The maximum Gasteiger partial charge on any atom is 0.0215 e. The van der Waals surface area contributed by atoms with Gasteiger partial charge in [-0.3, -0.25) is 0 Å². The van der Waals surface area contributed by atoms with E-state index in [4.69, 9.17) is 0 Å². The predicted molar refractivity (Wildman–Crippen MR) is 599 cm³/mol. The molecule has 0 heteroatoms. The molecular formula is C135H158. The molecule has 0 N–H and O–H groups in total. The summed E-state index contributed by atoms with van der Waals surface area (Å²) in [6, 6.07) is 94.1. The lowest BCUT2D eigenvalue weighted by atomic mass is 9.70. The van der Waals surface area contributed by atoms with Crippen molar-refractivity contribution in [2.24, 2.45) is 0 Å². The van der Waals surface area contributed by atoms with Gasteiger partial charge in [-0.25, -0.2) is 0 Å². The number of fused-ring (bicyclic) bond motifs is 9. The lowest BCUT2D eigenvalue weighted by Crippen LogP contribution is -2.25. The zero-order chi connectivity index (χ0) is 97.2. The van der Waals surface area contributed by atoms with Crippen molar-refractivity contribution in [1.29, 1.82) is 0 Å². The van der Waals surface area contributed by atoms with Crippen molar-refractivity contribution in [1.82, 2.24) is 0 Å². The van der Waals surface area contributed by atoms with E-state index < -0.39 is 0 Å². The van der Waals surface area contributed by atoms with Gasteiger partial charge in [0.1, 0.15) is 0 Å². The molecule has 17 rings (SSSR count). The standard InChI is InChI=1S/C31H46.C20H24.2C18H20.C17H18.C16H16.C15H14/c1-5-7-9-11-13-15-21-31(22-16-14-12-10-8-6-2)29-23-25(3)17-19-27(29)28-20-18-26(4)24-30(28)31;1-13-9-17(5)19(11-15(13)3)7-8-20-12-16(4)14(2)10-18(20)6;1-13-5-7-17(11-15(13)3)9-10-18-8-6-14(2)16(4)12-18;1-13-5-7-17(15(3)11-13)9-10-18-8-6-14(2)12-16(18)4;1-11-5-7-13-14-8-6-12(2)10-16(14)17(3,4)15(13)9-11;1-13-3-7-15(8-4-13)11-12-16-9-5-14(2)6-10-16;1-10-3-5-14-12(7-10)9-13-8-11(2)4-6-15(13)14/h17-20,23-24H,5-16,21-22H2,1-4H3;7-12H,1-6H3;2*5-12H,1-4H3;5-10H,1-4H3;3-12H,1-2H3;3-8H,9H2,1-2H3/b;8-7+;2*10-9+;;12-11+;. The summed E-state index contributed by atoms with van der Waals surface area (Å²) < 4.78 is 0. The fraction of sp³-hybridized carbons (Fsp3) is 0.319. The molecule has 0 amide bonds. The van der Waals surface area contributed by atoms with Gasteiger partial charge in [-0.15, -0.1) is 0 Å². The van der Waals surface area contributed by atoms with Crippen molar-refractivity contribution < 1.29 is 0 Å². The Hall–Kier alpha value is -12.0.